The molecule has 0 aliphatic rings. The minimum absolute atomic E-state index is 0.150. The van der Waals surface area contributed by atoms with Gasteiger partial charge in [0.1, 0.15) is 0 Å². The van der Waals surface area contributed by atoms with Gasteiger partial charge in [-0.25, -0.2) is 4.98 Å². The van der Waals surface area contributed by atoms with Crippen LogP contribution in [0.3, 0.4) is 0 Å². The molecule has 128 valence electrons. The first kappa shape index (κ1) is 17.7. The number of aromatic nitrogens is 1. The van der Waals surface area contributed by atoms with Crippen molar-refractivity contribution in [1.82, 2.24) is 4.98 Å². The van der Waals surface area contributed by atoms with Crippen LogP contribution in [0.25, 0.3) is 10.9 Å². The summed E-state index contributed by atoms with van der Waals surface area (Å²) in [6, 6.07) is 14.2. The van der Waals surface area contributed by atoms with E-state index in [2.05, 4.69) is 45.0 Å². The van der Waals surface area contributed by atoms with Gasteiger partial charge in [-0.3, -0.25) is 4.79 Å². The molecule has 0 fully saturated rings. The van der Waals surface area contributed by atoms with Gasteiger partial charge in [-0.05, 0) is 69.0 Å². The SMILES string of the molecule is Cc1ccc(C(=O)[C@H](C)Sc2cc(C)c3cccc(C)c3n2)cc1C. The van der Waals surface area contributed by atoms with Gasteiger partial charge in [0.25, 0.3) is 0 Å². The highest BCUT2D eigenvalue weighted by Gasteiger charge is 2.18. The number of fused-ring (bicyclic) bond motifs is 1. The van der Waals surface area contributed by atoms with E-state index in [1.807, 2.05) is 32.0 Å². The maximum absolute atomic E-state index is 12.8. The van der Waals surface area contributed by atoms with Crippen LogP contribution in [0.1, 0.15) is 39.5 Å². The maximum Gasteiger partial charge on any atom is 0.175 e. The Morgan fingerprint density at radius 2 is 1.68 bits per heavy atom. The van der Waals surface area contributed by atoms with Gasteiger partial charge in [-0.15, -0.1) is 0 Å². The van der Waals surface area contributed by atoms with Gasteiger partial charge in [0, 0.05) is 10.9 Å². The third kappa shape index (κ3) is 3.62. The van der Waals surface area contributed by atoms with E-state index in [1.165, 1.54) is 28.3 Å². The predicted octanol–water partition coefficient (Wildman–Crippen LogP) is 5.83. The summed E-state index contributed by atoms with van der Waals surface area (Å²) in [6.45, 7) is 10.2. The summed E-state index contributed by atoms with van der Waals surface area (Å²) in [4.78, 5) is 17.6. The van der Waals surface area contributed by atoms with E-state index in [0.717, 1.165) is 27.2 Å². The fourth-order valence-corrected chi connectivity index (χ4v) is 3.95. The molecule has 1 atom stereocenters. The Balaban J connectivity index is 1.88. The molecule has 0 N–H and O–H groups in total. The van der Waals surface area contributed by atoms with Crippen LogP contribution in [0.15, 0.2) is 47.5 Å². The standard InChI is InChI=1S/C22H23NOS/c1-13-9-10-18(11-15(13)3)22(24)17(5)25-20-12-16(4)19-8-6-7-14(2)21(19)23-20/h6-12,17H,1-5H3/t17-/m0/s1. The summed E-state index contributed by atoms with van der Waals surface area (Å²) in [5.74, 6) is 0.150. The van der Waals surface area contributed by atoms with Crippen LogP contribution in [0, 0.1) is 27.7 Å². The Morgan fingerprint density at radius 1 is 0.920 bits per heavy atom. The monoisotopic (exact) mass is 349 g/mol. The summed E-state index contributed by atoms with van der Waals surface area (Å²) >= 11 is 1.53. The van der Waals surface area contributed by atoms with Gasteiger partial charge in [0.05, 0.1) is 15.8 Å². The second kappa shape index (κ2) is 7.01. The number of carbonyl (C=O) groups excluding carboxylic acids is 1. The van der Waals surface area contributed by atoms with Crippen LogP contribution in [-0.2, 0) is 0 Å². The van der Waals surface area contributed by atoms with Crippen molar-refractivity contribution in [3.8, 4) is 0 Å². The fraction of sp³-hybridized carbons (Fsp3) is 0.273. The quantitative estimate of drug-likeness (QED) is 0.438. The second-order valence-corrected chi connectivity index (χ2v) is 8.03. The van der Waals surface area contributed by atoms with Gasteiger partial charge in [-0.1, -0.05) is 42.1 Å². The number of benzene rings is 2. The van der Waals surface area contributed by atoms with Gasteiger partial charge in [0.2, 0.25) is 0 Å². The Labute approximate surface area is 153 Å². The lowest BCUT2D eigenvalue weighted by molar-refractivity contribution is 0.0994. The average molecular weight is 349 g/mol. The number of thioether (sulfide) groups is 1. The molecule has 2 aromatic carbocycles. The Hall–Kier alpha value is -2.13. The molecule has 0 radical (unpaired) electrons. The van der Waals surface area contributed by atoms with Gasteiger partial charge >= 0.3 is 0 Å². The van der Waals surface area contributed by atoms with Crippen LogP contribution in [0.5, 0.6) is 0 Å². The summed E-state index contributed by atoms with van der Waals surface area (Å²) in [5, 5.41) is 1.91. The lowest BCUT2D eigenvalue weighted by Gasteiger charge is -2.13. The Bertz CT molecular complexity index is 962. The van der Waals surface area contributed by atoms with Crippen molar-refractivity contribution < 1.29 is 4.79 Å². The van der Waals surface area contributed by atoms with Crippen molar-refractivity contribution in [3.05, 3.63) is 70.3 Å². The largest absolute Gasteiger partial charge is 0.293 e. The zero-order valence-corrected chi connectivity index (χ0v) is 16.2. The third-order valence-corrected chi connectivity index (χ3v) is 5.70. The van der Waals surface area contributed by atoms with Crippen LogP contribution < -0.4 is 0 Å². The molecule has 1 heterocycles. The van der Waals surface area contributed by atoms with E-state index >= 15 is 0 Å². The molecule has 0 unspecified atom stereocenters. The fourth-order valence-electron chi connectivity index (χ4n) is 2.96. The van der Waals surface area contributed by atoms with E-state index in [9.17, 15) is 4.79 Å². The van der Waals surface area contributed by atoms with Crippen LogP contribution in [-0.4, -0.2) is 16.0 Å². The molecule has 3 heteroatoms. The topological polar surface area (TPSA) is 30.0 Å². The number of rotatable bonds is 4. The normalized spacial score (nSPS) is 12.4. The molecule has 1 aromatic heterocycles. The van der Waals surface area contributed by atoms with Crippen molar-refractivity contribution in [3.63, 3.8) is 0 Å². The summed E-state index contributed by atoms with van der Waals surface area (Å²) in [7, 11) is 0. The van der Waals surface area contributed by atoms with Crippen LogP contribution in [0.4, 0.5) is 0 Å². The highest BCUT2D eigenvalue weighted by Crippen LogP contribution is 2.29. The summed E-state index contributed by atoms with van der Waals surface area (Å²) in [5.41, 5.74) is 6.52. The molecule has 25 heavy (non-hydrogen) atoms. The number of aryl methyl sites for hydroxylation is 4. The molecule has 0 bridgehead atoms. The molecule has 2 nitrogen and oxygen atoms in total. The van der Waals surface area contributed by atoms with Crippen LogP contribution >= 0.6 is 11.8 Å². The lowest BCUT2D eigenvalue weighted by Crippen LogP contribution is -2.14. The minimum atomic E-state index is -0.171. The maximum atomic E-state index is 12.8. The molecule has 0 spiro atoms. The van der Waals surface area contributed by atoms with E-state index < -0.39 is 0 Å². The van der Waals surface area contributed by atoms with Crippen molar-refractivity contribution >= 4 is 28.4 Å². The zero-order valence-electron chi connectivity index (χ0n) is 15.4. The summed E-state index contributed by atoms with van der Waals surface area (Å²) in [6.07, 6.45) is 0. The minimum Gasteiger partial charge on any atom is -0.293 e. The first-order valence-electron chi connectivity index (χ1n) is 8.52. The molecule has 0 saturated heterocycles. The van der Waals surface area contributed by atoms with Gasteiger partial charge < -0.3 is 0 Å². The van der Waals surface area contributed by atoms with Gasteiger partial charge in [-0.2, -0.15) is 0 Å². The Morgan fingerprint density at radius 3 is 2.40 bits per heavy atom. The number of para-hydroxylation sites is 1. The molecule has 0 aliphatic heterocycles. The molecule has 3 rings (SSSR count). The first-order valence-corrected chi connectivity index (χ1v) is 9.40. The number of ketones is 1. The van der Waals surface area contributed by atoms with Crippen molar-refractivity contribution in [2.45, 2.75) is 44.9 Å². The van der Waals surface area contributed by atoms with E-state index in [0.29, 0.717) is 0 Å². The smallest absolute Gasteiger partial charge is 0.175 e. The third-order valence-electron chi connectivity index (χ3n) is 4.68. The molecule has 3 aromatic rings. The van der Waals surface area contributed by atoms with Crippen molar-refractivity contribution in [1.29, 1.82) is 0 Å². The Kier molecular flexibility index (Phi) is 4.96. The highest BCUT2D eigenvalue weighted by atomic mass is 32.2. The number of pyridine rings is 1. The molecule has 0 amide bonds. The number of hydrogen-bond acceptors (Lipinski definition) is 3. The molecular formula is C22H23NOS. The lowest BCUT2D eigenvalue weighted by atomic mass is 10.0. The average Bonchev–Trinajstić information content (AvgIpc) is 2.57. The molecule has 0 aliphatic carbocycles. The number of hydrogen-bond donors (Lipinski definition) is 0. The molecule has 0 saturated carbocycles. The summed E-state index contributed by atoms with van der Waals surface area (Å²) < 4.78 is 0. The van der Waals surface area contributed by atoms with Gasteiger partial charge in [0.15, 0.2) is 5.78 Å². The second-order valence-electron chi connectivity index (χ2n) is 6.67. The highest BCUT2D eigenvalue weighted by molar-refractivity contribution is 8.00. The zero-order chi connectivity index (χ0) is 18.1. The van der Waals surface area contributed by atoms with Crippen molar-refractivity contribution in [2.75, 3.05) is 0 Å². The number of Topliss-reactive ketones (excluding diaryl/α,β-unsaturated/α-hetero) is 1. The number of nitrogens with zero attached hydrogens (tertiary/aromatic N) is 1. The van der Waals surface area contributed by atoms with Crippen molar-refractivity contribution in [2.24, 2.45) is 0 Å². The van der Waals surface area contributed by atoms with E-state index in [4.69, 9.17) is 4.98 Å². The predicted molar refractivity (Wildman–Crippen MR) is 107 cm³/mol. The molecular weight excluding hydrogens is 326 g/mol. The van der Waals surface area contributed by atoms with E-state index in [-0.39, 0.29) is 11.0 Å². The van der Waals surface area contributed by atoms with Crippen LogP contribution in [0.2, 0.25) is 0 Å². The number of carbonyl (C=O) groups is 1. The first-order chi connectivity index (χ1) is 11.9. The van der Waals surface area contributed by atoms with E-state index in [1.54, 1.807) is 0 Å².